The van der Waals surface area contributed by atoms with E-state index in [1.165, 1.54) is 18.4 Å². The molecule has 2 atom stereocenters. The van der Waals surface area contributed by atoms with Crippen molar-refractivity contribution in [3.63, 3.8) is 0 Å². The van der Waals surface area contributed by atoms with E-state index in [4.69, 9.17) is 4.74 Å². The topological polar surface area (TPSA) is 21.3 Å². The Hall–Kier alpha value is -0.340. The second-order valence-corrected chi connectivity index (χ2v) is 3.65. The van der Waals surface area contributed by atoms with Crippen LogP contribution in [0.25, 0.3) is 0 Å². The molecule has 1 heterocycles. The first-order chi connectivity index (χ1) is 5.74. The second-order valence-electron chi connectivity index (χ2n) is 3.65. The Kier molecular flexibility index (Phi) is 3.76. The molecule has 1 fully saturated rings. The summed E-state index contributed by atoms with van der Waals surface area (Å²) in [6.45, 7) is 7.92. The van der Waals surface area contributed by atoms with E-state index < -0.39 is 0 Å². The highest BCUT2D eigenvalue weighted by Crippen LogP contribution is 2.20. The summed E-state index contributed by atoms with van der Waals surface area (Å²) >= 11 is 0. The highest BCUT2D eigenvalue weighted by molar-refractivity contribution is 5.01. The number of likely N-dealkylation sites (N-methyl/N-ethyl adjacent to an activating group) is 1. The van der Waals surface area contributed by atoms with Crippen LogP contribution in [0, 0.1) is 5.92 Å². The van der Waals surface area contributed by atoms with Gasteiger partial charge in [-0.15, -0.1) is 0 Å². The monoisotopic (exact) mass is 169 g/mol. The molecule has 12 heavy (non-hydrogen) atoms. The molecule has 0 aromatic heterocycles. The van der Waals surface area contributed by atoms with Gasteiger partial charge in [-0.3, -0.25) is 0 Å². The van der Waals surface area contributed by atoms with E-state index in [9.17, 15) is 0 Å². The van der Waals surface area contributed by atoms with Crippen LogP contribution in [0.4, 0.5) is 0 Å². The molecule has 2 heteroatoms. The smallest absolute Gasteiger partial charge is 0.0495 e. The minimum atomic E-state index is 0.469. The van der Waals surface area contributed by atoms with Crippen molar-refractivity contribution in [1.82, 2.24) is 5.32 Å². The average molecular weight is 169 g/mol. The molecular weight excluding hydrogens is 150 g/mol. The lowest BCUT2D eigenvalue weighted by atomic mass is 9.96. The van der Waals surface area contributed by atoms with Gasteiger partial charge in [0, 0.05) is 19.3 Å². The Labute approximate surface area is 75.0 Å². The number of hydrogen-bond donors (Lipinski definition) is 1. The maximum Gasteiger partial charge on any atom is 0.0495 e. The van der Waals surface area contributed by atoms with Gasteiger partial charge in [-0.1, -0.05) is 12.2 Å². The molecule has 0 radical (unpaired) electrons. The van der Waals surface area contributed by atoms with E-state index in [1.807, 2.05) is 7.05 Å². The molecule has 0 spiro atoms. The standard InChI is InChI=1S/C10H19NO/c1-8(2)10(11-3)6-9-4-5-12-7-9/h9-11H,1,4-7H2,2-3H3. The summed E-state index contributed by atoms with van der Waals surface area (Å²) in [5.41, 5.74) is 1.23. The molecule has 70 valence electrons. The van der Waals surface area contributed by atoms with Crippen LogP contribution in [-0.2, 0) is 4.74 Å². The van der Waals surface area contributed by atoms with Crippen LogP contribution < -0.4 is 5.32 Å². The van der Waals surface area contributed by atoms with Crippen LogP contribution in [-0.4, -0.2) is 26.3 Å². The van der Waals surface area contributed by atoms with Crippen LogP contribution in [0.15, 0.2) is 12.2 Å². The Morgan fingerprint density at radius 3 is 2.92 bits per heavy atom. The van der Waals surface area contributed by atoms with E-state index in [0.717, 1.165) is 19.1 Å². The maximum absolute atomic E-state index is 5.32. The average Bonchev–Trinajstić information content (AvgIpc) is 2.51. The third kappa shape index (κ3) is 2.61. The van der Waals surface area contributed by atoms with Crippen molar-refractivity contribution in [2.24, 2.45) is 5.92 Å². The Morgan fingerprint density at radius 2 is 2.50 bits per heavy atom. The largest absolute Gasteiger partial charge is 0.381 e. The van der Waals surface area contributed by atoms with Crippen LogP contribution in [0.2, 0.25) is 0 Å². The third-order valence-corrected chi connectivity index (χ3v) is 2.54. The molecule has 0 bridgehead atoms. The molecule has 0 aliphatic carbocycles. The first-order valence-corrected chi connectivity index (χ1v) is 4.64. The van der Waals surface area contributed by atoms with Crippen LogP contribution >= 0.6 is 0 Å². The number of ether oxygens (including phenoxy) is 1. The molecule has 1 saturated heterocycles. The summed E-state index contributed by atoms with van der Waals surface area (Å²) in [7, 11) is 2.00. The van der Waals surface area contributed by atoms with Gasteiger partial charge in [0.2, 0.25) is 0 Å². The van der Waals surface area contributed by atoms with Gasteiger partial charge in [-0.25, -0.2) is 0 Å². The lowest BCUT2D eigenvalue weighted by Gasteiger charge is -2.19. The van der Waals surface area contributed by atoms with Crippen molar-refractivity contribution >= 4 is 0 Å². The van der Waals surface area contributed by atoms with Crippen molar-refractivity contribution in [1.29, 1.82) is 0 Å². The van der Waals surface area contributed by atoms with E-state index in [0.29, 0.717) is 6.04 Å². The number of nitrogens with one attached hydrogen (secondary N) is 1. The van der Waals surface area contributed by atoms with Gasteiger partial charge in [-0.2, -0.15) is 0 Å². The minimum absolute atomic E-state index is 0.469. The maximum atomic E-state index is 5.32. The SMILES string of the molecule is C=C(C)C(CC1CCOC1)NC. The van der Waals surface area contributed by atoms with Gasteiger partial charge in [0.25, 0.3) is 0 Å². The van der Waals surface area contributed by atoms with Gasteiger partial charge >= 0.3 is 0 Å². The lowest BCUT2D eigenvalue weighted by Crippen LogP contribution is -2.28. The molecule has 1 rings (SSSR count). The van der Waals surface area contributed by atoms with Crippen molar-refractivity contribution in [2.45, 2.75) is 25.8 Å². The summed E-state index contributed by atoms with van der Waals surface area (Å²) < 4.78 is 5.32. The summed E-state index contributed by atoms with van der Waals surface area (Å²) in [6.07, 6.45) is 2.39. The van der Waals surface area contributed by atoms with Gasteiger partial charge in [-0.05, 0) is 32.7 Å². The first kappa shape index (κ1) is 9.75. The highest BCUT2D eigenvalue weighted by atomic mass is 16.5. The van der Waals surface area contributed by atoms with Crippen LogP contribution in [0.3, 0.4) is 0 Å². The fraction of sp³-hybridized carbons (Fsp3) is 0.800. The Bertz CT molecular complexity index is 150. The molecule has 0 aromatic carbocycles. The quantitative estimate of drug-likeness (QED) is 0.645. The lowest BCUT2D eigenvalue weighted by molar-refractivity contribution is 0.182. The Morgan fingerprint density at radius 1 is 1.75 bits per heavy atom. The summed E-state index contributed by atoms with van der Waals surface area (Å²) in [6, 6.07) is 0.469. The zero-order valence-electron chi connectivity index (χ0n) is 8.10. The van der Waals surface area contributed by atoms with Gasteiger partial charge < -0.3 is 10.1 Å². The summed E-state index contributed by atoms with van der Waals surface area (Å²) in [5.74, 6) is 0.735. The molecule has 0 aromatic rings. The molecule has 1 aliphatic rings. The zero-order valence-corrected chi connectivity index (χ0v) is 8.10. The second kappa shape index (κ2) is 4.63. The molecule has 0 saturated carbocycles. The fourth-order valence-corrected chi connectivity index (χ4v) is 1.67. The molecule has 2 nitrogen and oxygen atoms in total. The first-order valence-electron chi connectivity index (χ1n) is 4.64. The van der Waals surface area contributed by atoms with Crippen molar-refractivity contribution in [3.05, 3.63) is 12.2 Å². The predicted molar refractivity (Wildman–Crippen MR) is 51.2 cm³/mol. The van der Waals surface area contributed by atoms with Gasteiger partial charge in [0.15, 0.2) is 0 Å². The molecule has 2 unspecified atom stereocenters. The van der Waals surface area contributed by atoms with E-state index >= 15 is 0 Å². The zero-order chi connectivity index (χ0) is 8.97. The van der Waals surface area contributed by atoms with Crippen LogP contribution in [0.5, 0.6) is 0 Å². The van der Waals surface area contributed by atoms with E-state index in [-0.39, 0.29) is 0 Å². The van der Waals surface area contributed by atoms with E-state index in [2.05, 4.69) is 18.8 Å². The fourth-order valence-electron chi connectivity index (χ4n) is 1.67. The van der Waals surface area contributed by atoms with Crippen molar-refractivity contribution < 1.29 is 4.74 Å². The molecule has 1 N–H and O–H groups in total. The summed E-state index contributed by atoms with van der Waals surface area (Å²) in [5, 5.41) is 3.27. The molecule has 1 aliphatic heterocycles. The normalized spacial score (nSPS) is 25.7. The van der Waals surface area contributed by atoms with Gasteiger partial charge in [0.1, 0.15) is 0 Å². The van der Waals surface area contributed by atoms with Crippen molar-refractivity contribution in [2.75, 3.05) is 20.3 Å². The summed E-state index contributed by atoms with van der Waals surface area (Å²) in [4.78, 5) is 0. The minimum Gasteiger partial charge on any atom is -0.381 e. The van der Waals surface area contributed by atoms with E-state index in [1.54, 1.807) is 0 Å². The Balaban J connectivity index is 2.30. The predicted octanol–water partition coefficient (Wildman–Crippen LogP) is 1.58. The van der Waals surface area contributed by atoms with Gasteiger partial charge in [0.05, 0.1) is 0 Å². The molecular formula is C10H19NO. The third-order valence-electron chi connectivity index (χ3n) is 2.54. The number of rotatable bonds is 4. The molecule has 0 amide bonds. The van der Waals surface area contributed by atoms with Crippen molar-refractivity contribution in [3.8, 4) is 0 Å². The highest BCUT2D eigenvalue weighted by Gasteiger charge is 2.19. The van der Waals surface area contributed by atoms with Crippen LogP contribution in [0.1, 0.15) is 19.8 Å². The number of hydrogen-bond acceptors (Lipinski definition) is 2.